The zero-order chi connectivity index (χ0) is 27.4. The molecule has 10 nitrogen and oxygen atoms in total. The second-order valence-electron chi connectivity index (χ2n) is 10.6. The van der Waals surface area contributed by atoms with Gasteiger partial charge in [0, 0.05) is 16.5 Å². The van der Waals surface area contributed by atoms with Gasteiger partial charge in [0.2, 0.25) is 5.60 Å². The van der Waals surface area contributed by atoms with Crippen molar-refractivity contribution in [3.05, 3.63) is 63.4 Å². The molecule has 0 saturated heterocycles. The normalized spacial score (nSPS) is 18.7. The lowest BCUT2D eigenvalue weighted by Crippen LogP contribution is -2.50. The van der Waals surface area contributed by atoms with E-state index in [1.54, 1.807) is 38.3 Å². The van der Waals surface area contributed by atoms with Crippen molar-refractivity contribution in [1.82, 2.24) is 9.55 Å². The number of hydrogen-bond donors (Lipinski definition) is 1. The largest absolute Gasteiger partial charge is 0.460 e. The van der Waals surface area contributed by atoms with Crippen molar-refractivity contribution in [2.75, 3.05) is 0 Å². The summed E-state index contributed by atoms with van der Waals surface area (Å²) >= 11 is 0. The van der Waals surface area contributed by atoms with Gasteiger partial charge < -0.3 is 24.5 Å². The molecule has 1 aromatic carbocycles. The molecule has 2 aliphatic rings. The molecular weight excluding hydrogens is 490 g/mol. The van der Waals surface area contributed by atoms with Crippen molar-refractivity contribution in [2.24, 2.45) is 5.73 Å². The predicted octanol–water partition coefficient (Wildman–Crippen LogP) is 2.69. The highest BCUT2D eigenvalue weighted by atomic mass is 16.6. The summed E-state index contributed by atoms with van der Waals surface area (Å²) in [5.41, 5.74) is 6.22. The van der Waals surface area contributed by atoms with E-state index in [1.165, 1.54) is 0 Å². The minimum atomic E-state index is -1.90. The van der Waals surface area contributed by atoms with Crippen LogP contribution in [0.5, 0.6) is 0 Å². The number of ether oxygens (including phenoxy) is 3. The van der Waals surface area contributed by atoms with E-state index in [2.05, 4.69) is 0 Å². The number of cyclic esters (lactones) is 1. The molecule has 3 aromatic rings. The summed E-state index contributed by atoms with van der Waals surface area (Å²) < 4.78 is 17.9. The van der Waals surface area contributed by atoms with Crippen LogP contribution in [0.2, 0.25) is 0 Å². The fourth-order valence-corrected chi connectivity index (χ4v) is 4.98. The smallest absolute Gasteiger partial charge is 0.355 e. The molecular formula is C28H29N3O7. The highest BCUT2D eigenvalue weighted by Gasteiger charge is 2.51. The Kier molecular flexibility index (Phi) is 6.10. The van der Waals surface area contributed by atoms with Gasteiger partial charge >= 0.3 is 17.9 Å². The van der Waals surface area contributed by atoms with Crippen molar-refractivity contribution in [3.63, 3.8) is 0 Å². The maximum atomic E-state index is 13.6. The van der Waals surface area contributed by atoms with Crippen LogP contribution in [0.4, 0.5) is 0 Å². The van der Waals surface area contributed by atoms with Gasteiger partial charge in [-0.1, -0.05) is 25.1 Å². The van der Waals surface area contributed by atoms with Crippen LogP contribution in [0.1, 0.15) is 57.2 Å². The van der Waals surface area contributed by atoms with Crippen LogP contribution < -0.4 is 11.3 Å². The van der Waals surface area contributed by atoms with Crippen LogP contribution in [0, 0.1) is 0 Å². The minimum Gasteiger partial charge on any atom is -0.460 e. The Bertz CT molecular complexity index is 1550. The van der Waals surface area contributed by atoms with Crippen molar-refractivity contribution in [2.45, 2.75) is 70.9 Å². The van der Waals surface area contributed by atoms with E-state index in [-0.39, 0.29) is 29.7 Å². The molecule has 0 amide bonds. The molecule has 2 N–H and O–H groups in total. The van der Waals surface area contributed by atoms with Gasteiger partial charge in [0.25, 0.3) is 5.56 Å². The van der Waals surface area contributed by atoms with Gasteiger partial charge in [-0.15, -0.1) is 0 Å². The predicted molar refractivity (Wildman–Crippen MR) is 137 cm³/mol. The fraction of sp³-hybridized carbons (Fsp3) is 0.393. The van der Waals surface area contributed by atoms with Gasteiger partial charge in [-0.3, -0.25) is 14.4 Å². The molecule has 0 radical (unpaired) electrons. The van der Waals surface area contributed by atoms with Crippen LogP contribution in [-0.4, -0.2) is 39.1 Å². The molecule has 10 heteroatoms. The lowest BCUT2D eigenvalue weighted by Gasteiger charge is -2.36. The SMILES string of the molecule is CC[C@@]1(OC(=O)C(N)CC(=O)OC(C)(C)C)C(=O)OCc2c1cc1n(c2=O)Cc2cc3ccccc3nc2-1. The van der Waals surface area contributed by atoms with Crippen molar-refractivity contribution >= 4 is 28.8 Å². The Balaban J connectivity index is 1.54. The number of hydrogen-bond acceptors (Lipinski definition) is 9. The van der Waals surface area contributed by atoms with Crippen LogP contribution >= 0.6 is 0 Å². The maximum absolute atomic E-state index is 13.6. The first kappa shape index (κ1) is 25.6. The lowest BCUT2D eigenvalue weighted by molar-refractivity contribution is -0.190. The molecule has 38 heavy (non-hydrogen) atoms. The topological polar surface area (TPSA) is 140 Å². The number of nitrogens with zero attached hydrogens (tertiary/aromatic N) is 2. The van der Waals surface area contributed by atoms with E-state index < -0.39 is 41.6 Å². The summed E-state index contributed by atoms with van der Waals surface area (Å²) in [6.45, 7) is 6.81. The van der Waals surface area contributed by atoms with E-state index in [0.29, 0.717) is 17.9 Å². The number of carbonyl (C=O) groups is 3. The third kappa shape index (κ3) is 4.24. The van der Waals surface area contributed by atoms with Crippen molar-refractivity contribution in [3.8, 4) is 11.4 Å². The van der Waals surface area contributed by atoms with Gasteiger partial charge in [0.05, 0.1) is 35.4 Å². The second-order valence-corrected chi connectivity index (χ2v) is 10.6. The molecule has 0 saturated carbocycles. The molecule has 5 rings (SSSR count). The highest BCUT2D eigenvalue weighted by Crippen LogP contribution is 2.41. The first-order valence-electron chi connectivity index (χ1n) is 12.5. The summed E-state index contributed by atoms with van der Waals surface area (Å²) in [7, 11) is 0. The number of para-hydroxylation sites is 1. The quantitative estimate of drug-likeness (QED) is 0.311. The molecule has 4 heterocycles. The Labute approximate surface area is 218 Å². The first-order chi connectivity index (χ1) is 17.9. The Hall–Kier alpha value is -4.05. The van der Waals surface area contributed by atoms with E-state index in [9.17, 15) is 19.2 Å². The zero-order valence-corrected chi connectivity index (χ0v) is 21.7. The molecule has 1 unspecified atom stereocenters. The van der Waals surface area contributed by atoms with Crippen LogP contribution in [0.3, 0.4) is 0 Å². The summed E-state index contributed by atoms with van der Waals surface area (Å²) in [6.07, 6.45) is -0.445. The van der Waals surface area contributed by atoms with Gasteiger partial charge in [0.1, 0.15) is 18.2 Å². The highest BCUT2D eigenvalue weighted by molar-refractivity contribution is 5.90. The number of benzene rings is 1. The van der Waals surface area contributed by atoms with Crippen molar-refractivity contribution in [1.29, 1.82) is 0 Å². The van der Waals surface area contributed by atoms with Gasteiger partial charge in [-0.2, -0.15) is 0 Å². The molecule has 0 aliphatic carbocycles. The van der Waals surface area contributed by atoms with E-state index in [0.717, 1.165) is 16.5 Å². The first-order valence-corrected chi connectivity index (χ1v) is 12.5. The fourth-order valence-electron chi connectivity index (χ4n) is 4.98. The van der Waals surface area contributed by atoms with Crippen LogP contribution in [0.15, 0.2) is 41.2 Å². The number of aromatic nitrogens is 2. The van der Waals surface area contributed by atoms with Crippen LogP contribution in [-0.2, 0) is 47.3 Å². The maximum Gasteiger partial charge on any atom is 0.355 e. The molecule has 2 aromatic heterocycles. The second kappa shape index (κ2) is 9.05. The molecule has 0 bridgehead atoms. The van der Waals surface area contributed by atoms with Gasteiger partial charge in [-0.05, 0) is 45.4 Å². The third-order valence-electron chi connectivity index (χ3n) is 6.77. The zero-order valence-electron chi connectivity index (χ0n) is 21.7. The molecule has 0 fully saturated rings. The monoisotopic (exact) mass is 519 g/mol. The standard InChI is InChI=1S/C28H29N3O7/c1-5-28(38-25(34)19(29)12-22(32)37-27(2,3)4)18-11-21-23-16(10-15-8-6-7-9-20(15)30-23)13-31(21)24(33)17(18)14-36-26(28)35/h6-11,19H,5,12-14,29H2,1-4H3/t19?,28-/m0/s1. The van der Waals surface area contributed by atoms with Crippen LogP contribution in [0.25, 0.3) is 22.3 Å². The van der Waals surface area contributed by atoms with E-state index >= 15 is 0 Å². The number of pyridine rings is 2. The number of carbonyl (C=O) groups excluding carboxylic acids is 3. The number of fused-ring (bicyclic) bond motifs is 5. The Morgan fingerprint density at radius 2 is 1.95 bits per heavy atom. The van der Waals surface area contributed by atoms with E-state index in [1.807, 2.05) is 30.3 Å². The molecule has 2 atom stereocenters. The summed E-state index contributed by atoms with van der Waals surface area (Å²) in [5, 5.41) is 0.950. The summed E-state index contributed by atoms with van der Waals surface area (Å²) in [4.78, 5) is 56.8. The average Bonchev–Trinajstić information content (AvgIpc) is 3.21. The van der Waals surface area contributed by atoms with E-state index in [4.69, 9.17) is 24.9 Å². The number of rotatable bonds is 5. The number of esters is 3. The third-order valence-corrected chi connectivity index (χ3v) is 6.77. The average molecular weight is 520 g/mol. The summed E-state index contributed by atoms with van der Waals surface area (Å²) in [5.74, 6) is -2.46. The lowest BCUT2D eigenvalue weighted by atomic mass is 9.85. The molecule has 2 aliphatic heterocycles. The molecule has 198 valence electrons. The molecule has 0 spiro atoms. The Morgan fingerprint density at radius 1 is 1.21 bits per heavy atom. The minimum absolute atomic E-state index is 0.00930. The van der Waals surface area contributed by atoms with Gasteiger partial charge in [-0.25, -0.2) is 9.78 Å². The van der Waals surface area contributed by atoms with Crippen molar-refractivity contribution < 1.29 is 28.6 Å². The Morgan fingerprint density at radius 3 is 2.66 bits per heavy atom. The summed E-state index contributed by atoms with van der Waals surface area (Å²) in [6, 6.07) is 9.94. The van der Waals surface area contributed by atoms with Gasteiger partial charge in [0.15, 0.2) is 0 Å². The number of nitrogens with two attached hydrogens (primary N) is 1.